The number of benzene rings is 1. The second-order valence-corrected chi connectivity index (χ2v) is 6.79. The zero-order valence-corrected chi connectivity index (χ0v) is 14.2. The molecule has 0 atom stereocenters. The first kappa shape index (κ1) is 16.8. The second kappa shape index (κ2) is 6.24. The number of alkyl halides is 3. The number of hydrogen-bond acceptors (Lipinski definition) is 4. The van der Waals surface area contributed by atoms with Crippen molar-refractivity contribution in [3.8, 4) is 16.4 Å². The molecule has 134 valence electrons. The van der Waals surface area contributed by atoms with Crippen LogP contribution in [-0.4, -0.2) is 38.7 Å². The molecule has 4 rings (SSSR count). The Morgan fingerprint density at radius 3 is 2.58 bits per heavy atom. The molecule has 1 aliphatic heterocycles. The zero-order valence-electron chi connectivity index (χ0n) is 13.4. The quantitative estimate of drug-likeness (QED) is 0.695. The van der Waals surface area contributed by atoms with Gasteiger partial charge in [0.05, 0.1) is 16.1 Å². The minimum Gasteiger partial charge on any atom is -0.336 e. The van der Waals surface area contributed by atoms with Crippen LogP contribution in [0.4, 0.5) is 13.2 Å². The molecule has 0 bridgehead atoms. The van der Waals surface area contributed by atoms with Gasteiger partial charge < -0.3 is 4.90 Å². The molecular weight excluding hydrogens is 365 g/mol. The number of amides is 1. The summed E-state index contributed by atoms with van der Waals surface area (Å²) in [6.07, 6.45) is -3.53. The predicted molar refractivity (Wildman–Crippen MR) is 90.2 cm³/mol. The molecule has 26 heavy (non-hydrogen) atoms. The second-order valence-electron chi connectivity index (χ2n) is 5.84. The molecule has 3 heterocycles. The molecule has 1 saturated heterocycles. The number of carbonyl (C=O) groups excluding carboxylic acids is 1. The summed E-state index contributed by atoms with van der Waals surface area (Å²) in [7, 11) is 0. The molecular formula is C17H13F3N4OS. The lowest BCUT2D eigenvalue weighted by Gasteiger charge is -2.29. The molecule has 1 amide bonds. The maximum atomic E-state index is 13.0. The summed E-state index contributed by atoms with van der Waals surface area (Å²) >= 11 is 1.38. The molecule has 9 heteroatoms. The summed E-state index contributed by atoms with van der Waals surface area (Å²) in [5, 5.41) is 6.05. The maximum absolute atomic E-state index is 13.0. The lowest BCUT2D eigenvalue weighted by molar-refractivity contribution is -0.137. The van der Waals surface area contributed by atoms with E-state index in [1.165, 1.54) is 28.2 Å². The van der Waals surface area contributed by atoms with Crippen LogP contribution in [0.15, 0.2) is 41.8 Å². The Morgan fingerprint density at radius 1 is 1.15 bits per heavy atom. The van der Waals surface area contributed by atoms with Gasteiger partial charge in [0.25, 0.3) is 5.91 Å². The molecule has 1 fully saturated rings. The molecule has 2 aromatic heterocycles. The first-order valence-corrected chi connectivity index (χ1v) is 8.79. The monoisotopic (exact) mass is 378 g/mol. The third-order valence-electron chi connectivity index (χ3n) is 4.10. The summed E-state index contributed by atoms with van der Waals surface area (Å²) in [5.74, 6) is 0.0356. The Labute approximate surface area is 150 Å². The Bertz CT molecular complexity index is 945. The molecule has 0 N–H and O–H groups in total. The number of nitrogens with zero attached hydrogens (tertiary/aromatic N) is 4. The topological polar surface area (TPSA) is 51.0 Å². The van der Waals surface area contributed by atoms with Gasteiger partial charge in [-0.25, -0.2) is 9.67 Å². The third-order valence-corrected chi connectivity index (χ3v) is 4.97. The zero-order chi connectivity index (χ0) is 18.3. The Kier molecular flexibility index (Phi) is 4.03. The van der Waals surface area contributed by atoms with E-state index in [1.54, 1.807) is 11.0 Å². The average Bonchev–Trinajstić information content (AvgIpc) is 3.22. The smallest absolute Gasteiger partial charge is 0.336 e. The van der Waals surface area contributed by atoms with Crippen molar-refractivity contribution < 1.29 is 18.0 Å². The van der Waals surface area contributed by atoms with Gasteiger partial charge in [-0.3, -0.25) is 4.79 Å². The van der Waals surface area contributed by atoms with Crippen LogP contribution in [0.5, 0.6) is 0 Å². The van der Waals surface area contributed by atoms with Crippen molar-refractivity contribution >= 4 is 17.2 Å². The lowest BCUT2D eigenvalue weighted by atomic mass is 10.2. The van der Waals surface area contributed by atoms with Crippen molar-refractivity contribution in [1.29, 1.82) is 0 Å². The summed E-state index contributed by atoms with van der Waals surface area (Å²) < 4.78 is 40.4. The summed E-state index contributed by atoms with van der Waals surface area (Å²) in [6.45, 7) is 1.29. The van der Waals surface area contributed by atoms with Crippen molar-refractivity contribution in [1.82, 2.24) is 19.7 Å². The van der Waals surface area contributed by atoms with E-state index in [-0.39, 0.29) is 17.4 Å². The lowest BCUT2D eigenvalue weighted by Crippen LogP contribution is -2.42. The van der Waals surface area contributed by atoms with Crippen molar-refractivity contribution in [2.24, 2.45) is 0 Å². The number of aromatic nitrogens is 3. The van der Waals surface area contributed by atoms with Crippen molar-refractivity contribution in [2.45, 2.75) is 12.6 Å². The Hall–Kier alpha value is -2.68. The van der Waals surface area contributed by atoms with Crippen LogP contribution in [0.25, 0.3) is 16.4 Å². The van der Waals surface area contributed by atoms with Crippen LogP contribution in [0, 0.1) is 0 Å². The molecule has 5 nitrogen and oxygen atoms in total. The highest BCUT2D eigenvalue weighted by atomic mass is 32.1. The van der Waals surface area contributed by atoms with Gasteiger partial charge in [-0.2, -0.15) is 13.2 Å². The van der Waals surface area contributed by atoms with Gasteiger partial charge in [0, 0.05) is 13.1 Å². The number of thiophene rings is 1. The molecule has 1 aliphatic rings. The van der Waals surface area contributed by atoms with E-state index in [4.69, 9.17) is 0 Å². The third kappa shape index (κ3) is 2.98. The summed E-state index contributed by atoms with van der Waals surface area (Å²) in [5.41, 5.74) is -0.573. The fourth-order valence-corrected chi connectivity index (χ4v) is 3.32. The minimum atomic E-state index is -4.46. The molecule has 0 aliphatic carbocycles. The fraction of sp³-hybridized carbons (Fsp3) is 0.235. The fourth-order valence-electron chi connectivity index (χ4n) is 2.62. The minimum absolute atomic E-state index is 0.00879. The molecule has 3 aromatic rings. The Balaban J connectivity index is 1.82. The summed E-state index contributed by atoms with van der Waals surface area (Å²) in [4.78, 5) is 19.1. The van der Waals surface area contributed by atoms with Gasteiger partial charge in [0.15, 0.2) is 5.82 Å². The van der Waals surface area contributed by atoms with E-state index in [0.717, 1.165) is 23.4 Å². The van der Waals surface area contributed by atoms with E-state index < -0.39 is 11.7 Å². The number of likely N-dealkylation sites (tertiary alicyclic amines) is 1. The standard InChI is InChI=1S/C17H13F3N4OS/c18-17(19,20)11-4-1-5-12(10-11)24-15(13-6-2-9-26-13)21-14(22-24)16(25)23-7-3-8-23/h1-2,4-6,9-10H,3,7-8H2. The van der Waals surface area contributed by atoms with E-state index in [1.807, 2.05) is 11.4 Å². The highest BCUT2D eigenvalue weighted by Crippen LogP contribution is 2.32. The maximum Gasteiger partial charge on any atom is 0.416 e. The SMILES string of the molecule is O=C(c1nc(-c2cccs2)n(-c2cccc(C(F)(F)F)c2)n1)N1CCC1. The highest BCUT2D eigenvalue weighted by molar-refractivity contribution is 7.13. The van der Waals surface area contributed by atoms with Crippen molar-refractivity contribution in [2.75, 3.05) is 13.1 Å². The van der Waals surface area contributed by atoms with Crippen molar-refractivity contribution in [3.05, 3.63) is 53.2 Å². The molecule has 0 saturated carbocycles. The molecule has 0 unspecified atom stereocenters. The van der Waals surface area contributed by atoms with E-state index in [2.05, 4.69) is 10.1 Å². The average molecular weight is 378 g/mol. The van der Waals surface area contributed by atoms with Gasteiger partial charge in [0.1, 0.15) is 0 Å². The van der Waals surface area contributed by atoms with Crippen LogP contribution < -0.4 is 0 Å². The van der Waals surface area contributed by atoms with E-state index in [0.29, 0.717) is 18.9 Å². The molecule has 0 spiro atoms. The highest BCUT2D eigenvalue weighted by Gasteiger charge is 2.31. The molecule has 0 radical (unpaired) electrons. The number of rotatable bonds is 3. The van der Waals surface area contributed by atoms with Crippen LogP contribution >= 0.6 is 11.3 Å². The summed E-state index contributed by atoms with van der Waals surface area (Å²) in [6, 6.07) is 8.42. The van der Waals surface area contributed by atoms with Gasteiger partial charge in [-0.1, -0.05) is 12.1 Å². The van der Waals surface area contributed by atoms with Gasteiger partial charge >= 0.3 is 6.18 Å². The van der Waals surface area contributed by atoms with Gasteiger partial charge in [-0.05, 0) is 36.1 Å². The van der Waals surface area contributed by atoms with Crippen LogP contribution in [-0.2, 0) is 6.18 Å². The van der Waals surface area contributed by atoms with Gasteiger partial charge in [0.2, 0.25) is 5.82 Å². The van der Waals surface area contributed by atoms with E-state index in [9.17, 15) is 18.0 Å². The largest absolute Gasteiger partial charge is 0.416 e. The van der Waals surface area contributed by atoms with Gasteiger partial charge in [-0.15, -0.1) is 16.4 Å². The number of carbonyl (C=O) groups is 1. The first-order valence-electron chi connectivity index (χ1n) is 7.91. The number of halogens is 3. The molecule has 1 aromatic carbocycles. The Morgan fingerprint density at radius 2 is 1.96 bits per heavy atom. The first-order chi connectivity index (χ1) is 12.4. The number of hydrogen-bond donors (Lipinski definition) is 0. The normalized spacial score (nSPS) is 14.3. The van der Waals surface area contributed by atoms with Crippen LogP contribution in [0.2, 0.25) is 0 Å². The van der Waals surface area contributed by atoms with E-state index >= 15 is 0 Å². The van der Waals surface area contributed by atoms with Crippen molar-refractivity contribution in [3.63, 3.8) is 0 Å². The van der Waals surface area contributed by atoms with Crippen LogP contribution in [0.3, 0.4) is 0 Å². The predicted octanol–water partition coefficient (Wildman–Crippen LogP) is 3.86. The van der Waals surface area contributed by atoms with Crippen LogP contribution in [0.1, 0.15) is 22.6 Å².